The molecule has 0 radical (unpaired) electrons. The number of pyridine rings is 1. The molecule has 25 heavy (non-hydrogen) atoms. The highest BCUT2D eigenvalue weighted by atomic mass is 16.6. The number of nitrogens with zero attached hydrogens (tertiary/aromatic N) is 1. The minimum atomic E-state index is -0.689. The Morgan fingerprint density at radius 1 is 1.04 bits per heavy atom. The average Bonchev–Trinajstić information content (AvgIpc) is 2.65. The molecule has 132 valence electrons. The fourth-order valence-corrected chi connectivity index (χ4v) is 2.03. The lowest BCUT2D eigenvalue weighted by atomic mass is 10.2. The standard InChI is InChI=1S/C9H6N2O3.C8H10O.C2H6/c12-9-6-3-1-2-4-7(6)10-5-8(9)11(13)14;1-9-7-8-5-3-2-4-6-8;1-2/h1-5H,(H,10,12);2-6H,7H2,1H3;1-2H3. The van der Waals surface area contributed by atoms with Crippen molar-refractivity contribution in [1.82, 2.24) is 4.98 Å². The van der Waals surface area contributed by atoms with Gasteiger partial charge in [-0.1, -0.05) is 56.3 Å². The van der Waals surface area contributed by atoms with Gasteiger partial charge >= 0.3 is 5.69 Å². The molecule has 0 saturated heterocycles. The zero-order valence-corrected chi connectivity index (χ0v) is 14.6. The highest BCUT2D eigenvalue weighted by Gasteiger charge is 2.13. The van der Waals surface area contributed by atoms with Gasteiger partial charge in [0, 0.05) is 12.6 Å². The van der Waals surface area contributed by atoms with Gasteiger partial charge in [-0.2, -0.15) is 0 Å². The summed E-state index contributed by atoms with van der Waals surface area (Å²) in [5.41, 5.74) is 0.844. The molecule has 0 amide bonds. The molecule has 0 aliphatic rings. The molecule has 2 aromatic carbocycles. The van der Waals surface area contributed by atoms with Crippen LogP contribution in [0.4, 0.5) is 5.69 Å². The van der Waals surface area contributed by atoms with Gasteiger partial charge < -0.3 is 9.72 Å². The number of benzene rings is 2. The Morgan fingerprint density at radius 3 is 2.24 bits per heavy atom. The minimum absolute atomic E-state index is 0.335. The summed E-state index contributed by atoms with van der Waals surface area (Å²) in [5.74, 6) is 0. The number of para-hydroxylation sites is 1. The van der Waals surface area contributed by atoms with Gasteiger partial charge in [0.2, 0.25) is 0 Å². The number of fused-ring (bicyclic) bond motifs is 1. The highest BCUT2D eigenvalue weighted by molar-refractivity contribution is 5.79. The van der Waals surface area contributed by atoms with Gasteiger partial charge in [-0.05, 0) is 17.7 Å². The van der Waals surface area contributed by atoms with Crippen LogP contribution in [0, 0.1) is 10.1 Å². The van der Waals surface area contributed by atoms with E-state index in [2.05, 4.69) is 4.98 Å². The van der Waals surface area contributed by atoms with Gasteiger partial charge in [0.05, 0.1) is 23.1 Å². The molecule has 0 unspecified atom stereocenters. The average molecular weight is 342 g/mol. The molecule has 6 heteroatoms. The molecular formula is C19H22N2O4. The number of rotatable bonds is 3. The third-order valence-electron chi connectivity index (χ3n) is 3.12. The van der Waals surface area contributed by atoms with E-state index in [0.717, 1.165) is 6.20 Å². The summed E-state index contributed by atoms with van der Waals surface area (Å²) in [7, 11) is 1.70. The van der Waals surface area contributed by atoms with Crippen molar-refractivity contribution in [2.45, 2.75) is 20.5 Å². The topological polar surface area (TPSA) is 85.2 Å². The van der Waals surface area contributed by atoms with Gasteiger partial charge in [0.1, 0.15) is 0 Å². The minimum Gasteiger partial charge on any atom is -0.380 e. The van der Waals surface area contributed by atoms with Gasteiger partial charge in [-0.25, -0.2) is 0 Å². The van der Waals surface area contributed by atoms with Crippen LogP contribution in [0.1, 0.15) is 19.4 Å². The van der Waals surface area contributed by atoms with Crippen LogP contribution in [0.3, 0.4) is 0 Å². The van der Waals surface area contributed by atoms with Crippen molar-refractivity contribution in [3.8, 4) is 0 Å². The van der Waals surface area contributed by atoms with Crippen LogP contribution in [-0.2, 0) is 11.3 Å². The Balaban J connectivity index is 0.000000246. The summed E-state index contributed by atoms with van der Waals surface area (Å²) in [4.78, 5) is 24.0. The first-order valence-corrected chi connectivity index (χ1v) is 7.91. The van der Waals surface area contributed by atoms with Gasteiger partial charge in [-0.3, -0.25) is 14.9 Å². The maximum atomic E-state index is 11.5. The molecule has 0 atom stereocenters. The number of ether oxygens (including phenoxy) is 1. The molecule has 0 bridgehead atoms. The van der Waals surface area contributed by atoms with E-state index in [0.29, 0.717) is 17.5 Å². The summed E-state index contributed by atoms with van der Waals surface area (Å²) < 4.78 is 4.93. The van der Waals surface area contributed by atoms with E-state index < -0.39 is 16.0 Å². The highest BCUT2D eigenvalue weighted by Crippen LogP contribution is 2.10. The summed E-state index contributed by atoms with van der Waals surface area (Å²) in [6.45, 7) is 4.71. The van der Waals surface area contributed by atoms with Gasteiger partial charge in [0.25, 0.3) is 5.43 Å². The number of aromatic amines is 1. The second-order valence-corrected chi connectivity index (χ2v) is 4.72. The Labute approximate surface area is 146 Å². The summed E-state index contributed by atoms with van der Waals surface area (Å²) >= 11 is 0. The number of methoxy groups -OCH3 is 1. The first-order chi connectivity index (χ1) is 12.1. The van der Waals surface area contributed by atoms with Crippen LogP contribution in [-0.4, -0.2) is 17.0 Å². The van der Waals surface area contributed by atoms with Crippen LogP contribution in [0.2, 0.25) is 0 Å². The maximum absolute atomic E-state index is 11.5. The molecule has 1 heterocycles. The number of H-pyrrole nitrogens is 1. The van der Waals surface area contributed by atoms with E-state index in [1.807, 2.05) is 44.2 Å². The molecule has 3 aromatic rings. The maximum Gasteiger partial charge on any atom is 0.332 e. The smallest absolute Gasteiger partial charge is 0.332 e. The first kappa shape index (κ1) is 20.1. The molecule has 0 saturated carbocycles. The number of nitro groups is 1. The lowest BCUT2D eigenvalue weighted by Gasteiger charge is -1.95. The normalized spacial score (nSPS) is 9.40. The molecule has 1 aromatic heterocycles. The Bertz CT molecular complexity index is 845. The number of aromatic nitrogens is 1. The van der Waals surface area contributed by atoms with Crippen molar-refractivity contribution in [2.75, 3.05) is 7.11 Å². The quantitative estimate of drug-likeness (QED) is 0.568. The second kappa shape index (κ2) is 10.7. The SMILES string of the molecule is CC.COCc1ccccc1.O=c1c([N+](=O)[O-])c[nH]c2ccccc12. The van der Waals surface area contributed by atoms with E-state index in [9.17, 15) is 14.9 Å². The van der Waals surface area contributed by atoms with Crippen LogP contribution in [0.25, 0.3) is 10.9 Å². The summed E-state index contributed by atoms with van der Waals surface area (Å²) in [6, 6.07) is 16.8. The van der Waals surface area contributed by atoms with Crippen molar-refractivity contribution < 1.29 is 9.66 Å². The van der Waals surface area contributed by atoms with Crippen molar-refractivity contribution >= 4 is 16.6 Å². The van der Waals surface area contributed by atoms with E-state index in [1.165, 1.54) is 5.56 Å². The third kappa shape index (κ3) is 5.86. The summed E-state index contributed by atoms with van der Waals surface area (Å²) in [6.07, 6.45) is 1.12. The van der Waals surface area contributed by atoms with Crippen molar-refractivity contribution in [1.29, 1.82) is 0 Å². The van der Waals surface area contributed by atoms with Crippen molar-refractivity contribution in [3.63, 3.8) is 0 Å². The van der Waals surface area contributed by atoms with Crippen LogP contribution in [0.5, 0.6) is 0 Å². The predicted octanol–water partition coefficient (Wildman–Crippen LogP) is 4.30. The molecule has 1 N–H and O–H groups in total. The lowest BCUT2D eigenvalue weighted by Crippen LogP contribution is -2.08. The van der Waals surface area contributed by atoms with Crippen LogP contribution in [0.15, 0.2) is 65.6 Å². The molecule has 0 spiro atoms. The first-order valence-electron chi connectivity index (χ1n) is 7.91. The molecular weight excluding hydrogens is 320 g/mol. The zero-order valence-electron chi connectivity index (χ0n) is 14.6. The molecule has 0 aliphatic heterocycles. The van der Waals surface area contributed by atoms with Crippen molar-refractivity contribution in [3.05, 3.63) is 86.7 Å². The fraction of sp³-hybridized carbons (Fsp3) is 0.211. The van der Waals surface area contributed by atoms with E-state index in [1.54, 1.807) is 31.4 Å². The Kier molecular flexibility index (Phi) is 8.60. The van der Waals surface area contributed by atoms with E-state index >= 15 is 0 Å². The van der Waals surface area contributed by atoms with Gasteiger partial charge in [-0.15, -0.1) is 0 Å². The number of hydrogen-bond acceptors (Lipinski definition) is 4. The zero-order chi connectivity index (χ0) is 18.7. The second-order valence-electron chi connectivity index (χ2n) is 4.72. The lowest BCUT2D eigenvalue weighted by molar-refractivity contribution is -0.386. The Hall–Kier alpha value is -2.99. The number of nitrogens with one attached hydrogen (secondary N) is 1. The Morgan fingerprint density at radius 2 is 1.64 bits per heavy atom. The summed E-state index contributed by atoms with van der Waals surface area (Å²) in [5, 5.41) is 10.8. The van der Waals surface area contributed by atoms with Crippen molar-refractivity contribution in [2.24, 2.45) is 0 Å². The fourth-order valence-electron chi connectivity index (χ4n) is 2.03. The van der Waals surface area contributed by atoms with Gasteiger partial charge in [0.15, 0.2) is 0 Å². The van der Waals surface area contributed by atoms with Crippen LogP contribution < -0.4 is 5.43 Å². The van der Waals surface area contributed by atoms with E-state index in [4.69, 9.17) is 4.74 Å². The van der Waals surface area contributed by atoms with Crippen LogP contribution >= 0.6 is 0 Å². The largest absolute Gasteiger partial charge is 0.380 e. The van der Waals surface area contributed by atoms with E-state index in [-0.39, 0.29) is 0 Å². The third-order valence-corrected chi connectivity index (χ3v) is 3.12. The molecule has 0 fully saturated rings. The molecule has 0 aliphatic carbocycles. The predicted molar refractivity (Wildman–Crippen MR) is 99.7 cm³/mol. The monoisotopic (exact) mass is 342 g/mol. The molecule has 6 nitrogen and oxygen atoms in total. The number of hydrogen-bond donors (Lipinski definition) is 1. The molecule has 3 rings (SSSR count).